The molecule has 1 fully saturated rings. The van der Waals surface area contributed by atoms with Gasteiger partial charge in [0.1, 0.15) is 5.82 Å². The van der Waals surface area contributed by atoms with Crippen LogP contribution in [0.3, 0.4) is 0 Å². The molecule has 0 spiro atoms. The van der Waals surface area contributed by atoms with Gasteiger partial charge in [0.2, 0.25) is 11.9 Å². The number of rotatable bonds is 5. The van der Waals surface area contributed by atoms with E-state index in [9.17, 15) is 4.79 Å². The van der Waals surface area contributed by atoms with Crippen molar-refractivity contribution in [3.05, 3.63) is 47.2 Å². The molecule has 0 saturated carbocycles. The Morgan fingerprint density at radius 1 is 1.21 bits per heavy atom. The molecule has 1 saturated heterocycles. The molecule has 0 aliphatic carbocycles. The first kappa shape index (κ1) is 19.6. The molecule has 1 aromatic heterocycles. The summed E-state index contributed by atoms with van der Waals surface area (Å²) in [5, 5.41) is 0. The van der Waals surface area contributed by atoms with E-state index in [4.69, 9.17) is 15.7 Å². The Morgan fingerprint density at radius 3 is 2.72 bits per heavy atom. The minimum Gasteiger partial charge on any atom is -0.369 e. The van der Waals surface area contributed by atoms with E-state index in [0.717, 1.165) is 62.9 Å². The molecule has 2 N–H and O–H groups in total. The highest BCUT2D eigenvalue weighted by Crippen LogP contribution is 2.31. The van der Waals surface area contributed by atoms with E-state index >= 15 is 0 Å². The van der Waals surface area contributed by atoms with Gasteiger partial charge in [0.05, 0.1) is 11.6 Å². The van der Waals surface area contributed by atoms with Crippen molar-refractivity contribution in [2.45, 2.75) is 32.4 Å². The number of piperidine rings is 1. The van der Waals surface area contributed by atoms with Gasteiger partial charge >= 0.3 is 0 Å². The van der Waals surface area contributed by atoms with Crippen molar-refractivity contribution in [2.75, 3.05) is 43.5 Å². The van der Waals surface area contributed by atoms with Crippen LogP contribution in [0, 0.1) is 5.92 Å². The van der Waals surface area contributed by atoms with Gasteiger partial charge in [-0.2, -0.15) is 4.98 Å². The summed E-state index contributed by atoms with van der Waals surface area (Å²) < 4.78 is 0. The van der Waals surface area contributed by atoms with Crippen LogP contribution >= 0.6 is 0 Å². The number of fused-ring (bicyclic) bond motifs is 1. The molecule has 0 radical (unpaired) electrons. The zero-order valence-electron chi connectivity index (χ0n) is 17.3. The van der Waals surface area contributed by atoms with Crippen molar-refractivity contribution >= 4 is 17.7 Å². The van der Waals surface area contributed by atoms with Crippen LogP contribution in [-0.2, 0) is 24.3 Å². The van der Waals surface area contributed by atoms with Crippen LogP contribution in [0.1, 0.15) is 29.7 Å². The van der Waals surface area contributed by atoms with Crippen molar-refractivity contribution in [3.63, 3.8) is 0 Å². The minimum absolute atomic E-state index is 0.102. The highest BCUT2D eigenvalue weighted by atomic mass is 16.1. The summed E-state index contributed by atoms with van der Waals surface area (Å²) in [6, 6.07) is 10.6. The van der Waals surface area contributed by atoms with E-state index in [-0.39, 0.29) is 11.8 Å². The zero-order valence-corrected chi connectivity index (χ0v) is 17.3. The number of aromatic nitrogens is 2. The van der Waals surface area contributed by atoms with Gasteiger partial charge in [-0.25, -0.2) is 4.98 Å². The van der Waals surface area contributed by atoms with Gasteiger partial charge in [-0.05, 0) is 24.8 Å². The van der Waals surface area contributed by atoms with Crippen LogP contribution in [0.2, 0.25) is 0 Å². The third kappa shape index (κ3) is 4.34. The standard InChI is InChI=1S/C22H30N6O/c1-26(2)22-24-19-15-27(13-16-7-4-3-5-8-16)12-10-18(19)21(25-22)28-11-6-9-17(14-28)20(23)29/h3-5,7-8,17H,6,9-15H2,1-2H3,(H2,23,29). The molecule has 2 aromatic rings. The Balaban J connectivity index is 1.61. The lowest BCUT2D eigenvalue weighted by atomic mass is 9.96. The third-order valence-electron chi connectivity index (χ3n) is 5.88. The molecule has 3 heterocycles. The van der Waals surface area contributed by atoms with Gasteiger partial charge in [-0.3, -0.25) is 9.69 Å². The minimum atomic E-state index is -0.209. The first-order valence-electron chi connectivity index (χ1n) is 10.4. The predicted molar refractivity (Wildman–Crippen MR) is 115 cm³/mol. The number of hydrogen-bond acceptors (Lipinski definition) is 6. The molecule has 2 aliphatic heterocycles. The van der Waals surface area contributed by atoms with Crippen LogP contribution in [0.4, 0.5) is 11.8 Å². The summed E-state index contributed by atoms with van der Waals surface area (Å²) in [7, 11) is 3.94. The van der Waals surface area contributed by atoms with E-state index in [1.54, 1.807) is 0 Å². The SMILES string of the molecule is CN(C)c1nc2c(c(N3CCCC(C(N)=O)C3)n1)CCN(Cc1ccccc1)C2. The lowest BCUT2D eigenvalue weighted by Crippen LogP contribution is -2.43. The van der Waals surface area contributed by atoms with Gasteiger partial charge < -0.3 is 15.5 Å². The molecule has 1 atom stereocenters. The Kier molecular flexibility index (Phi) is 5.67. The monoisotopic (exact) mass is 394 g/mol. The third-order valence-corrected chi connectivity index (χ3v) is 5.88. The number of primary amides is 1. The topological polar surface area (TPSA) is 78.6 Å². The van der Waals surface area contributed by atoms with Gasteiger partial charge in [-0.1, -0.05) is 30.3 Å². The molecule has 2 aliphatic rings. The first-order valence-corrected chi connectivity index (χ1v) is 10.4. The van der Waals surface area contributed by atoms with Crippen LogP contribution in [0.15, 0.2) is 30.3 Å². The lowest BCUT2D eigenvalue weighted by molar-refractivity contribution is -0.122. The Morgan fingerprint density at radius 2 is 2.00 bits per heavy atom. The van der Waals surface area contributed by atoms with E-state index in [2.05, 4.69) is 40.1 Å². The van der Waals surface area contributed by atoms with E-state index < -0.39 is 0 Å². The largest absolute Gasteiger partial charge is 0.369 e. The van der Waals surface area contributed by atoms with Gasteiger partial charge in [-0.15, -0.1) is 0 Å². The van der Waals surface area contributed by atoms with Crippen molar-refractivity contribution in [2.24, 2.45) is 11.7 Å². The number of hydrogen-bond donors (Lipinski definition) is 1. The second-order valence-electron chi connectivity index (χ2n) is 8.30. The Labute approximate surface area is 172 Å². The number of anilines is 2. The maximum Gasteiger partial charge on any atom is 0.227 e. The smallest absolute Gasteiger partial charge is 0.227 e. The number of carbonyl (C=O) groups excluding carboxylic acids is 1. The summed E-state index contributed by atoms with van der Waals surface area (Å²) in [6.07, 6.45) is 2.75. The second kappa shape index (κ2) is 8.37. The summed E-state index contributed by atoms with van der Waals surface area (Å²) in [5.74, 6) is 1.40. The van der Waals surface area contributed by atoms with Crippen LogP contribution in [0.5, 0.6) is 0 Å². The molecule has 4 rings (SSSR count). The summed E-state index contributed by atoms with van der Waals surface area (Å²) in [4.78, 5) is 28.2. The first-order chi connectivity index (χ1) is 14.0. The van der Waals surface area contributed by atoms with Crippen molar-refractivity contribution in [3.8, 4) is 0 Å². The van der Waals surface area contributed by atoms with Crippen LogP contribution in [0.25, 0.3) is 0 Å². The van der Waals surface area contributed by atoms with Gasteiger partial charge in [0, 0.05) is 52.4 Å². The van der Waals surface area contributed by atoms with Crippen LogP contribution in [-0.4, -0.2) is 54.5 Å². The maximum atomic E-state index is 11.8. The molecule has 0 bridgehead atoms. The quantitative estimate of drug-likeness (QED) is 0.833. The molecule has 7 nitrogen and oxygen atoms in total. The number of nitrogens with two attached hydrogens (primary N) is 1. The van der Waals surface area contributed by atoms with Gasteiger partial charge in [0.15, 0.2) is 0 Å². The summed E-state index contributed by atoms with van der Waals surface area (Å²) in [6.45, 7) is 4.28. The fourth-order valence-electron chi connectivity index (χ4n) is 4.29. The molecule has 1 aromatic carbocycles. The average Bonchev–Trinajstić information content (AvgIpc) is 2.73. The Hall–Kier alpha value is -2.67. The predicted octanol–water partition coefficient (Wildman–Crippen LogP) is 1.80. The molecule has 29 heavy (non-hydrogen) atoms. The molecule has 1 amide bonds. The Bertz CT molecular complexity index is 869. The van der Waals surface area contributed by atoms with Crippen LogP contribution < -0.4 is 15.5 Å². The van der Waals surface area contributed by atoms with Gasteiger partial charge in [0.25, 0.3) is 0 Å². The van der Waals surface area contributed by atoms with Crippen molar-refractivity contribution in [1.82, 2.24) is 14.9 Å². The average molecular weight is 395 g/mol. The number of benzene rings is 1. The molecular weight excluding hydrogens is 364 g/mol. The fraction of sp³-hybridized carbons (Fsp3) is 0.500. The fourth-order valence-corrected chi connectivity index (χ4v) is 4.29. The number of amides is 1. The normalized spacial score (nSPS) is 19.7. The van der Waals surface area contributed by atoms with E-state index in [1.165, 1.54) is 11.1 Å². The lowest BCUT2D eigenvalue weighted by Gasteiger charge is -2.36. The van der Waals surface area contributed by atoms with Crippen molar-refractivity contribution < 1.29 is 4.79 Å². The van der Waals surface area contributed by atoms with Crippen molar-refractivity contribution in [1.29, 1.82) is 0 Å². The number of nitrogens with zero attached hydrogens (tertiary/aromatic N) is 5. The maximum absolute atomic E-state index is 11.8. The van der Waals surface area contributed by atoms with E-state index in [1.807, 2.05) is 19.0 Å². The molecule has 7 heteroatoms. The molecule has 154 valence electrons. The highest BCUT2D eigenvalue weighted by molar-refractivity contribution is 5.77. The number of carbonyl (C=O) groups is 1. The summed E-state index contributed by atoms with van der Waals surface area (Å²) in [5.41, 5.74) is 9.25. The molecule has 1 unspecified atom stereocenters. The zero-order chi connectivity index (χ0) is 20.4. The highest BCUT2D eigenvalue weighted by Gasteiger charge is 2.30. The summed E-state index contributed by atoms with van der Waals surface area (Å²) >= 11 is 0. The molecular formula is C22H30N6O. The van der Waals surface area contributed by atoms with E-state index in [0.29, 0.717) is 6.54 Å². The second-order valence-corrected chi connectivity index (χ2v) is 8.30.